The molecular formula is C7H9N3O2. The fourth-order valence-corrected chi connectivity index (χ4v) is 0.782. The summed E-state index contributed by atoms with van der Waals surface area (Å²) in [5.41, 5.74) is 0.661. The molecule has 0 radical (unpaired) electrons. The summed E-state index contributed by atoms with van der Waals surface area (Å²) in [5.74, 6) is -0.751. The lowest BCUT2D eigenvalue weighted by Crippen LogP contribution is -2.36. The van der Waals surface area contributed by atoms with Gasteiger partial charge < -0.3 is 5.32 Å². The van der Waals surface area contributed by atoms with E-state index in [0.717, 1.165) is 0 Å². The number of carbonyl (C=O) groups is 2. The molecule has 0 bridgehead atoms. The van der Waals surface area contributed by atoms with E-state index in [4.69, 9.17) is 0 Å². The van der Waals surface area contributed by atoms with Gasteiger partial charge in [0.2, 0.25) is 5.91 Å². The Kier molecular flexibility index (Phi) is 2.32. The highest BCUT2D eigenvalue weighted by atomic mass is 16.2. The predicted octanol–water partition coefficient (Wildman–Crippen LogP) is -0.478. The highest BCUT2D eigenvalue weighted by molar-refractivity contribution is 6.43. The predicted molar refractivity (Wildman–Crippen MR) is 44.2 cm³/mol. The number of carbonyl (C=O) groups excluding carboxylic acids is 2. The quantitative estimate of drug-likeness (QED) is 0.529. The summed E-state index contributed by atoms with van der Waals surface area (Å²) in [5, 5.41) is 2.31. The molecule has 0 fully saturated rings. The van der Waals surface area contributed by atoms with Crippen LogP contribution in [0.5, 0.6) is 0 Å². The van der Waals surface area contributed by atoms with E-state index in [9.17, 15) is 9.59 Å². The van der Waals surface area contributed by atoms with Gasteiger partial charge in [-0.2, -0.15) is 0 Å². The van der Waals surface area contributed by atoms with Gasteiger partial charge in [0.15, 0.2) is 5.84 Å². The van der Waals surface area contributed by atoms with Crippen molar-refractivity contribution < 1.29 is 9.59 Å². The van der Waals surface area contributed by atoms with E-state index in [1.165, 1.54) is 6.92 Å². The Balaban J connectivity index is 2.70. The first-order valence-electron chi connectivity index (χ1n) is 3.50. The Morgan fingerprint density at radius 3 is 2.75 bits per heavy atom. The van der Waals surface area contributed by atoms with E-state index in [1.807, 2.05) is 0 Å². The van der Waals surface area contributed by atoms with Crippen LogP contribution in [0.2, 0.25) is 0 Å². The maximum Gasteiger partial charge on any atom is 0.312 e. The van der Waals surface area contributed by atoms with E-state index in [1.54, 1.807) is 6.92 Å². The molecule has 0 unspecified atom stereocenters. The molecule has 12 heavy (non-hydrogen) atoms. The SMILES string of the molecule is CC(=O)NC1=NCC(C)=NC1=O. The maximum absolute atomic E-state index is 11.0. The molecule has 0 saturated heterocycles. The fraction of sp³-hybridized carbons (Fsp3) is 0.429. The van der Waals surface area contributed by atoms with Gasteiger partial charge in [0.25, 0.3) is 0 Å². The van der Waals surface area contributed by atoms with Crippen molar-refractivity contribution in [1.29, 1.82) is 0 Å². The number of hydrogen-bond donors (Lipinski definition) is 1. The van der Waals surface area contributed by atoms with E-state index < -0.39 is 5.91 Å². The lowest BCUT2D eigenvalue weighted by atomic mass is 10.3. The molecule has 1 aliphatic rings. The molecule has 0 aliphatic carbocycles. The highest BCUT2D eigenvalue weighted by Crippen LogP contribution is 1.92. The third kappa shape index (κ3) is 1.98. The van der Waals surface area contributed by atoms with Gasteiger partial charge in [-0.15, -0.1) is 0 Å². The number of nitrogens with one attached hydrogen (secondary N) is 1. The highest BCUT2D eigenvalue weighted by Gasteiger charge is 2.15. The first-order chi connectivity index (χ1) is 5.59. The first-order valence-corrected chi connectivity index (χ1v) is 3.50. The molecule has 5 heteroatoms. The summed E-state index contributed by atoms with van der Waals surface area (Å²) in [7, 11) is 0. The maximum atomic E-state index is 11.0. The molecule has 0 atom stereocenters. The van der Waals surface area contributed by atoms with Gasteiger partial charge in [0.05, 0.1) is 6.54 Å². The van der Waals surface area contributed by atoms with Crippen LogP contribution in [0, 0.1) is 0 Å². The van der Waals surface area contributed by atoms with Crippen molar-refractivity contribution in [2.75, 3.05) is 6.54 Å². The van der Waals surface area contributed by atoms with Crippen LogP contribution in [0.3, 0.4) is 0 Å². The van der Waals surface area contributed by atoms with Crippen molar-refractivity contribution in [3.05, 3.63) is 0 Å². The molecule has 0 spiro atoms. The second-order valence-corrected chi connectivity index (χ2v) is 2.50. The Morgan fingerprint density at radius 2 is 2.25 bits per heavy atom. The van der Waals surface area contributed by atoms with Crippen LogP contribution < -0.4 is 5.32 Å². The monoisotopic (exact) mass is 167 g/mol. The lowest BCUT2D eigenvalue weighted by molar-refractivity contribution is -0.119. The van der Waals surface area contributed by atoms with Crippen molar-refractivity contribution in [2.24, 2.45) is 9.98 Å². The summed E-state index contributed by atoms with van der Waals surface area (Å²) < 4.78 is 0. The van der Waals surface area contributed by atoms with Crippen LogP contribution in [0.1, 0.15) is 13.8 Å². The minimum Gasteiger partial charge on any atom is -0.307 e. The average molecular weight is 167 g/mol. The summed E-state index contributed by atoms with van der Waals surface area (Å²) in [6, 6.07) is 0. The molecule has 1 heterocycles. The lowest BCUT2D eigenvalue weighted by Gasteiger charge is -2.07. The van der Waals surface area contributed by atoms with Crippen molar-refractivity contribution in [3.8, 4) is 0 Å². The third-order valence-electron chi connectivity index (χ3n) is 1.26. The number of amidine groups is 1. The molecule has 1 rings (SSSR count). The van der Waals surface area contributed by atoms with Crippen LogP contribution in [0.4, 0.5) is 0 Å². The number of hydrogen-bond acceptors (Lipinski definition) is 3. The van der Waals surface area contributed by atoms with Crippen LogP contribution in [0.15, 0.2) is 9.98 Å². The minimum absolute atomic E-state index is 0.0353. The smallest absolute Gasteiger partial charge is 0.307 e. The summed E-state index contributed by atoms with van der Waals surface area (Å²) >= 11 is 0. The van der Waals surface area contributed by atoms with Gasteiger partial charge in [0.1, 0.15) is 0 Å². The molecule has 5 nitrogen and oxygen atoms in total. The van der Waals surface area contributed by atoms with Gasteiger partial charge in [-0.25, -0.2) is 4.99 Å². The Bertz CT molecular complexity index is 291. The van der Waals surface area contributed by atoms with Gasteiger partial charge in [-0.05, 0) is 6.92 Å². The van der Waals surface area contributed by atoms with Crippen LogP contribution >= 0.6 is 0 Å². The van der Waals surface area contributed by atoms with E-state index in [-0.39, 0.29) is 11.7 Å². The molecule has 0 aromatic heterocycles. The third-order valence-corrected chi connectivity index (χ3v) is 1.26. The standard InChI is InChI=1S/C7H9N3O2/c1-4-3-8-6(7(12)9-4)10-5(2)11/h3H2,1-2H3,(H,8,10,11). The summed E-state index contributed by atoms with van der Waals surface area (Å²) in [6.45, 7) is 3.41. The van der Waals surface area contributed by atoms with Crippen molar-refractivity contribution in [2.45, 2.75) is 13.8 Å². The second kappa shape index (κ2) is 3.25. The van der Waals surface area contributed by atoms with Crippen LogP contribution in [-0.4, -0.2) is 29.9 Å². The first kappa shape index (κ1) is 8.58. The zero-order chi connectivity index (χ0) is 9.14. The van der Waals surface area contributed by atoms with Gasteiger partial charge in [-0.3, -0.25) is 14.6 Å². The number of rotatable bonds is 0. The molecule has 2 amide bonds. The minimum atomic E-state index is -0.478. The molecule has 0 aromatic carbocycles. The summed E-state index contributed by atoms with van der Waals surface area (Å²) in [4.78, 5) is 29.0. The average Bonchev–Trinajstić information content (AvgIpc) is 1.94. The van der Waals surface area contributed by atoms with Gasteiger partial charge in [-0.1, -0.05) is 0 Å². The molecule has 64 valence electrons. The molecular weight excluding hydrogens is 158 g/mol. The zero-order valence-corrected chi connectivity index (χ0v) is 6.92. The Labute approximate surface area is 69.6 Å². The summed E-state index contributed by atoms with van der Waals surface area (Å²) in [6.07, 6.45) is 0. The molecule has 1 aliphatic heterocycles. The second-order valence-electron chi connectivity index (χ2n) is 2.50. The van der Waals surface area contributed by atoms with Crippen LogP contribution in [0.25, 0.3) is 0 Å². The molecule has 0 saturated carbocycles. The van der Waals surface area contributed by atoms with Crippen molar-refractivity contribution >= 4 is 23.4 Å². The topological polar surface area (TPSA) is 70.9 Å². The number of aliphatic imine (C=N–C) groups is 2. The number of amides is 2. The Morgan fingerprint density at radius 1 is 1.58 bits per heavy atom. The van der Waals surface area contributed by atoms with Gasteiger partial charge >= 0.3 is 5.91 Å². The molecule has 1 N–H and O–H groups in total. The van der Waals surface area contributed by atoms with Crippen molar-refractivity contribution in [1.82, 2.24) is 5.32 Å². The fourth-order valence-electron chi connectivity index (χ4n) is 0.782. The van der Waals surface area contributed by atoms with Crippen LogP contribution in [-0.2, 0) is 9.59 Å². The molecule has 0 aromatic rings. The van der Waals surface area contributed by atoms with E-state index in [2.05, 4.69) is 15.3 Å². The normalized spacial score (nSPS) is 16.7. The number of nitrogens with zero attached hydrogens (tertiary/aromatic N) is 2. The Hall–Kier alpha value is -1.52. The van der Waals surface area contributed by atoms with Crippen molar-refractivity contribution in [3.63, 3.8) is 0 Å². The van der Waals surface area contributed by atoms with Gasteiger partial charge in [0, 0.05) is 12.6 Å². The largest absolute Gasteiger partial charge is 0.312 e. The van der Waals surface area contributed by atoms with E-state index >= 15 is 0 Å². The van der Waals surface area contributed by atoms with E-state index in [0.29, 0.717) is 12.3 Å². The zero-order valence-electron chi connectivity index (χ0n) is 6.92.